The molecular formula is C10H23N3O4S2. The normalized spacial score (nSPS) is 21.4. The van der Waals surface area contributed by atoms with Crippen molar-refractivity contribution in [2.75, 3.05) is 50.5 Å². The van der Waals surface area contributed by atoms with Crippen LogP contribution >= 0.6 is 0 Å². The van der Waals surface area contributed by atoms with E-state index in [4.69, 9.17) is 5.73 Å². The summed E-state index contributed by atoms with van der Waals surface area (Å²) in [5.74, 6) is -0.660. The predicted octanol–water partition coefficient (Wildman–Crippen LogP) is -1.67. The van der Waals surface area contributed by atoms with Gasteiger partial charge in [0, 0.05) is 45.0 Å². The average Bonchev–Trinajstić information content (AvgIpc) is 2.35. The van der Waals surface area contributed by atoms with Gasteiger partial charge < -0.3 is 5.73 Å². The first-order valence-electron chi connectivity index (χ1n) is 6.25. The lowest BCUT2D eigenvalue weighted by atomic mass is 10.2. The largest absolute Gasteiger partial charge is 0.329 e. The van der Waals surface area contributed by atoms with Crippen LogP contribution in [-0.2, 0) is 19.9 Å². The maximum atomic E-state index is 12.0. The molecule has 1 unspecified atom stereocenters. The van der Waals surface area contributed by atoms with E-state index in [0.29, 0.717) is 32.7 Å². The predicted molar refractivity (Wildman–Crippen MR) is 75.2 cm³/mol. The van der Waals surface area contributed by atoms with Crippen LogP contribution in [0.5, 0.6) is 0 Å². The molecule has 7 nitrogen and oxygen atoms in total. The van der Waals surface area contributed by atoms with Crippen molar-refractivity contribution in [3.63, 3.8) is 0 Å². The number of nitrogens with two attached hydrogens (primary N) is 1. The fourth-order valence-corrected chi connectivity index (χ4v) is 4.99. The van der Waals surface area contributed by atoms with Gasteiger partial charge in [-0.3, -0.25) is 4.90 Å². The Morgan fingerprint density at radius 1 is 1.05 bits per heavy atom. The van der Waals surface area contributed by atoms with Crippen LogP contribution in [0, 0.1) is 0 Å². The number of sulfone groups is 1. The number of rotatable bonds is 6. The number of hydrogen-bond donors (Lipinski definition) is 1. The second-order valence-corrected chi connectivity index (χ2v) is 9.31. The summed E-state index contributed by atoms with van der Waals surface area (Å²) in [4.78, 5) is 2.14. The van der Waals surface area contributed by atoms with Gasteiger partial charge in [0.05, 0.1) is 11.5 Å². The van der Waals surface area contributed by atoms with Crippen molar-refractivity contribution in [1.82, 2.24) is 9.21 Å². The van der Waals surface area contributed by atoms with Gasteiger partial charge in [0.2, 0.25) is 10.0 Å². The van der Waals surface area contributed by atoms with E-state index in [2.05, 4.69) is 4.90 Å². The molecule has 0 spiro atoms. The zero-order chi connectivity index (χ0) is 14.7. The van der Waals surface area contributed by atoms with Gasteiger partial charge in [-0.2, -0.15) is 4.31 Å². The molecule has 0 aromatic carbocycles. The molecule has 1 saturated heterocycles. The van der Waals surface area contributed by atoms with Crippen molar-refractivity contribution in [3.05, 3.63) is 0 Å². The summed E-state index contributed by atoms with van der Waals surface area (Å²) in [7, 11) is -6.73. The Labute approximate surface area is 115 Å². The second kappa shape index (κ2) is 6.49. The zero-order valence-electron chi connectivity index (χ0n) is 11.4. The van der Waals surface area contributed by atoms with Crippen LogP contribution in [0.3, 0.4) is 0 Å². The summed E-state index contributed by atoms with van der Waals surface area (Å²) >= 11 is 0. The monoisotopic (exact) mass is 313 g/mol. The van der Waals surface area contributed by atoms with Crippen molar-refractivity contribution in [2.24, 2.45) is 5.73 Å². The smallest absolute Gasteiger partial charge is 0.215 e. The summed E-state index contributed by atoms with van der Waals surface area (Å²) < 4.78 is 47.4. The molecule has 0 saturated carbocycles. The summed E-state index contributed by atoms with van der Waals surface area (Å²) in [6.07, 6.45) is 1.05. The second-order valence-electron chi connectivity index (χ2n) is 4.97. The lowest BCUT2D eigenvalue weighted by molar-refractivity contribution is 0.149. The molecule has 0 bridgehead atoms. The van der Waals surface area contributed by atoms with Gasteiger partial charge in [-0.05, 0) is 6.92 Å². The van der Waals surface area contributed by atoms with Crippen molar-refractivity contribution >= 4 is 19.9 Å². The van der Waals surface area contributed by atoms with Crippen LogP contribution in [0.25, 0.3) is 0 Å². The van der Waals surface area contributed by atoms with Gasteiger partial charge >= 0.3 is 0 Å². The van der Waals surface area contributed by atoms with E-state index in [0.717, 1.165) is 6.26 Å². The summed E-state index contributed by atoms with van der Waals surface area (Å²) in [5, 5.41) is 0. The summed E-state index contributed by atoms with van der Waals surface area (Å²) in [5.41, 5.74) is 5.58. The Bertz CT molecular complexity index is 481. The molecule has 1 heterocycles. The van der Waals surface area contributed by atoms with Gasteiger partial charge in [-0.15, -0.1) is 0 Å². The van der Waals surface area contributed by atoms with Crippen molar-refractivity contribution in [3.8, 4) is 0 Å². The van der Waals surface area contributed by atoms with E-state index in [-0.39, 0.29) is 17.5 Å². The van der Waals surface area contributed by atoms with Crippen molar-refractivity contribution in [2.45, 2.75) is 13.0 Å². The van der Waals surface area contributed by atoms with E-state index >= 15 is 0 Å². The summed E-state index contributed by atoms with van der Waals surface area (Å²) in [6.45, 7) is 4.62. The van der Waals surface area contributed by atoms with Crippen molar-refractivity contribution < 1.29 is 16.8 Å². The highest BCUT2D eigenvalue weighted by atomic mass is 32.2. The molecule has 0 aromatic heterocycles. The minimum atomic E-state index is -3.48. The number of hydrogen-bond acceptors (Lipinski definition) is 6. The highest BCUT2D eigenvalue weighted by Crippen LogP contribution is 2.10. The number of sulfonamides is 1. The maximum Gasteiger partial charge on any atom is 0.215 e. The quantitative estimate of drug-likeness (QED) is 0.629. The van der Waals surface area contributed by atoms with Crippen LogP contribution in [0.1, 0.15) is 6.92 Å². The lowest BCUT2D eigenvalue weighted by Crippen LogP contribution is -2.53. The molecular weight excluding hydrogens is 290 g/mol. The number of nitrogens with zero attached hydrogens (tertiary/aromatic N) is 2. The molecule has 0 amide bonds. The Balaban J connectivity index is 2.54. The van der Waals surface area contributed by atoms with E-state index in [1.165, 1.54) is 4.31 Å². The first-order chi connectivity index (χ1) is 8.65. The van der Waals surface area contributed by atoms with E-state index in [1.807, 2.05) is 6.92 Å². The van der Waals surface area contributed by atoms with Gasteiger partial charge in [0.15, 0.2) is 0 Å². The molecule has 19 heavy (non-hydrogen) atoms. The first-order valence-corrected chi connectivity index (χ1v) is 9.92. The van der Waals surface area contributed by atoms with Gasteiger partial charge in [-0.25, -0.2) is 16.8 Å². The standard InChI is InChI=1S/C10H23N3O4S2/c1-10(9-11)12-3-5-13(6-4-12)19(16,17)8-7-18(2,14)15/h10H,3-9,11H2,1-2H3. The molecule has 1 atom stereocenters. The maximum absolute atomic E-state index is 12.0. The van der Waals surface area contributed by atoms with Crippen molar-refractivity contribution in [1.29, 1.82) is 0 Å². The topological polar surface area (TPSA) is 101 Å². The van der Waals surface area contributed by atoms with E-state index in [9.17, 15) is 16.8 Å². The molecule has 1 fully saturated rings. The third-order valence-corrected chi connectivity index (χ3v) is 6.42. The molecule has 0 aliphatic carbocycles. The minimum Gasteiger partial charge on any atom is -0.329 e. The molecule has 1 aliphatic heterocycles. The van der Waals surface area contributed by atoms with Gasteiger partial charge in [-0.1, -0.05) is 0 Å². The Morgan fingerprint density at radius 3 is 2.00 bits per heavy atom. The first kappa shape index (κ1) is 16.8. The third kappa shape index (κ3) is 5.35. The molecule has 1 rings (SSSR count). The Morgan fingerprint density at radius 2 is 1.58 bits per heavy atom. The summed E-state index contributed by atoms with van der Waals surface area (Å²) in [6, 6.07) is 0.237. The van der Waals surface area contributed by atoms with E-state index in [1.54, 1.807) is 0 Å². The fraction of sp³-hybridized carbons (Fsp3) is 1.00. The van der Waals surface area contributed by atoms with Gasteiger partial charge in [0.25, 0.3) is 0 Å². The van der Waals surface area contributed by atoms with E-state index < -0.39 is 19.9 Å². The fourth-order valence-electron chi connectivity index (χ4n) is 1.96. The highest BCUT2D eigenvalue weighted by molar-refractivity contribution is 7.93. The lowest BCUT2D eigenvalue weighted by Gasteiger charge is -2.37. The molecule has 9 heteroatoms. The van der Waals surface area contributed by atoms with Crippen LogP contribution in [0.15, 0.2) is 0 Å². The average molecular weight is 313 g/mol. The van der Waals surface area contributed by atoms with Gasteiger partial charge in [0.1, 0.15) is 9.84 Å². The Kier molecular flexibility index (Phi) is 5.75. The molecule has 114 valence electrons. The molecule has 2 N–H and O–H groups in total. The number of piperazine rings is 1. The zero-order valence-corrected chi connectivity index (χ0v) is 13.1. The molecule has 1 aliphatic rings. The molecule has 0 aromatic rings. The highest BCUT2D eigenvalue weighted by Gasteiger charge is 2.28. The molecule has 0 radical (unpaired) electrons. The minimum absolute atomic E-state index is 0.237. The third-order valence-electron chi connectivity index (χ3n) is 3.34. The van der Waals surface area contributed by atoms with Crippen LogP contribution in [0.2, 0.25) is 0 Å². The van der Waals surface area contributed by atoms with Crippen LogP contribution < -0.4 is 5.73 Å². The SMILES string of the molecule is CC(CN)N1CCN(S(=O)(=O)CCS(C)(=O)=O)CC1. The van der Waals surface area contributed by atoms with Crippen LogP contribution in [-0.4, -0.2) is 82.6 Å². The Hall–Kier alpha value is -0.220. The van der Waals surface area contributed by atoms with Crippen LogP contribution in [0.4, 0.5) is 0 Å².